The largest absolute Gasteiger partial charge is 0.350 e. The van der Waals surface area contributed by atoms with E-state index >= 15 is 0 Å². The van der Waals surface area contributed by atoms with Crippen LogP contribution in [-0.4, -0.2) is 58.9 Å². The second-order valence-corrected chi connectivity index (χ2v) is 5.71. The van der Waals surface area contributed by atoms with Gasteiger partial charge in [-0.25, -0.2) is 14.5 Å². The summed E-state index contributed by atoms with van der Waals surface area (Å²) in [5.74, 6) is -1.91. The van der Waals surface area contributed by atoms with Gasteiger partial charge in [0, 0.05) is 36.8 Å². The number of carbonyl (C=O) groups is 2. The van der Waals surface area contributed by atoms with Crippen molar-refractivity contribution in [2.45, 2.75) is 5.85 Å². The zero-order chi connectivity index (χ0) is 16.7. The van der Waals surface area contributed by atoms with E-state index in [2.05, 4.69) is 0 Å². The Kier molecular flexibility index (Phi) is 4.37. The van der Waals surface area contributed by atoms with Gasteiger partial charge in [0.2, 0.25) is 5.85 Å². The summed E-state index contributed by atoms with van der Waals surface area (Å²) in [5.41, 5.74) is 0.486. The molecule has 8 heteroatoms. The molecule has 1 saturated heterocycles. The van der Waals surface area contributed by atoms with Gasteiger partial charge in [-0.2, -0.15) is 0 Å². The van der Waals surface area contributed by atoms with Crippen molar-refractivity contribution in [2.24, 2.45) is 0 Å². The van der Waals surface area contributed by atoms with E-state index in [0.29, 0.717) is 15.6 Å². The molecule has 4 amide bonds. The fourth-order valence-corrected chi connectivity index (χ4v) is 2.65. The fraction of sp³-hybridized carbons (Fsp3) is 0.286. The summed E-state index contributed by atoms with van der Waals surface area (Å²) in [5, 5.41) is 11.5. The van der Waals surface area contributed by atoms with Crippen LogP contribution in [0.3, 0.4) is 0 Å². The lowest BCUT2D eigenvalue weighted by molar-refractivity contribution is -0.136. The molecule has 6 nitrogen and oxygen atoms in total. The molecule has 0 aromatic heterocycles. The van der Waals surface area contributed by atoms with Crippen LogP contribution in [0.4, 0.5) is 9.59 Å². The average Bonchev–Trinajstić information content (AvgIpc) is 2.49. The SMILES string of the molecule is CN1C(=O)N(C)C(O)(C=Cc2c(Cl)cccc2Cl)N(C)C1=O. The molecule has 1 aliphatic rings. The molecular weight excluding hydrogens is 329 g/mol. The number of rotatable bonds is 2. The predicted molar refractivity (Wildman–Crippen MR) is 84.5 cm³/mol. The molecule has 1 aliphatic heterocycles. The first kappa shape index (κ1) is 16.6. The Hall–Kier alpha value is -1.76. The molecular formula is C14H15Cl2N3O3. The first-order chi connectivity index (χ1) is 10.2. The van der Waals surface area contributed by atoms with Crippen LogP contribution in [-0.2, 0) is 0 Å². The minimum atomic E-state index is -1.91. The summed E-state index contributed by atoms with van der Waals surface area (Å²) < 4.78 is 0. The van der Waals surface area contributed by atoms with Gasteiger partial charge in [0.25, 0.3) is 0 Å². The molecule has 1 fully saturated rings. The van der Waals surface area contributed by atoms with Gasteiger partial charge in [0.05, 0.1) is 0 Å². The first-order valence-corrected chi connectivity index (χ1v) is 7.10. The minimum Gasteiger partial charge on any atom is -0.350 e. The highest BCUT2D eigenvalue weighted by Crippen LogP contribution is 2.29. The molecule has 0 aliphatic carbocycles. The molecule has 22 heavy (non-hydrogen) atoms. The Morgan fingerprint density at radius 1 is 1.05 bits per heavy atom. The van der Waals surface area contributed by atoms with E-state index in [9.17, 15) is 14.7 Å². The highest BCUT2D eigenvalue weighted by atomic mass is 35.5. The normalized spacial score (nSPS) is 18.5. The van der Waals surface area contributed by atoms with Crippen LogP contribution in [0.1, 0.15) is 5.56 Å². The Labute approximate surface area is 138 Å². The molecule has 0 saturated carbocycles. The van der Waals surface area contributed by atoms with Crippen molar-refractivity contribution in [3.63, 3.8) is 0 Å². The summed E-state index contributed by atoms with van der Waals surface area (Å²) in [6.07, 6.45) is 2.77. The quantitative estimate of drug-likeness (QED) is 0.897. The van der Waals surface area contributed by atoms with Gasteiger partial charge >= 0.3 is 12.1 Å². The number of amides is 4. The second-order valence-electron chi connectivity index (χ2n) is 4.90. The van der Waals surface area contributed by atoms with Crippen molar-refractivity contribution in [1.82, 2.24) is 14.7 Å². The maximum Gasteiger partial charge on any atom is 0.331 e. The van der Waals surface area contributed by atoms with Gasteiger partial charge in [-0.15, -0.1) is 0 Å². The van der Waals surface area contributed by atoms with Crippen LogP contribution in [0.2, 0.25) is 10.0 Å². The smallest absolute Gasteiger partial charge is 0.331 e. The van der Waals surface area contributed by atoms with Crippen molar-refractivity contribution < 1.29 is 14.7 Å². The van der Waals surface area contributed by atoms with E-state index in [-0.39, 0.29) is 0 Å². The van der Waals surface area contributed by atoms with Crippen LogP contribution in [0.25, 0.3) is 6.08 Å². The van der Waals surface area contributed by atoms with E-state index < -0.39 is 17.9 Å². The number of carbonyl (C=O) groups excluding carboxylic acids is 2. The number of likely N-dealkylation sites (N-methyl/N-ethyl adjacent to an activating group) is 2. The van der Waals surface area contributed by atoms with Crippen LogP contribution in [0.5, 0.6) is 0 Å². The number of imide groups is 1. The number of aliphatic hydroxyl groups is 1. The zero-order valence-corrected chi connectivity index (χ0v) is 13.8. The van der Waals surface area contributed by atoms with Crippen molar-refractivity contribution >= 4 is 41.3 Å². The lowest BCUT2D eigenvalue weighted by Gasteiger charge is -2.47. The maximum atomic E-state index is 12.0. The Morgan fingerprint density at radius 2 is 1.50 bits per heavy atom. The number of urea groups is 2. The topological polar surface area (TPSA) is 64.1 Å². The standard InChI is InChI=1S/C14H15Cl2N3O3/c1-17-12(20)18(2)14(22,19(3)13(17)21)8-7-9-10(15)5-4-6-11(9)16/h4-8,22H,1-3H3. The third kappa shape index (κ3) is 2.54. The van der Waals surface area contributed by atoms with Gasteiger partial charge in [-0.05, 0) is 24.3 Å². The Morgan fingerprint density at radius 3 is 1.95 bits per heavy atom. The van der Waals surface area contributed by atoms with Crippen LogP contribution < -0.4 is 0 Å². The Bertz CT molecular complexity index is 620. The van der Waals surface area contributed by atoms with Crippen molar-refractivity contribution in [2.75, 3.05) is 21.1 Å². The highest BCUT2D eigenvalue weighted by molar-refractivity contribution is 6.37. The number of halogens is 2. The number of hydrogen-bond donors (Lipinski definition) is 1. The van der Waals surface area contributed by atoms with Crippen LogP contribution >= 0.6 is 23.2 Å². The molecule has 2 rings (SSSR count). The molecule has 118 valence electrons. The maximum absolute atomic E-state index is 12.0. The number of benzene rings is 1. The summed E-state index contributed by atoms with van der Waals surface area (Å²) in [7, 11) is 4.12. The number of hydrogen-bond acceptors (Lipinski definition) is 3. The number of nitrogens with zero attached hydrogens (tertiary/aromatic N) is 3. The van der Waals surface area contributed by atoms with E-state index in [1.807, 2.05) is 0 Å². The average molecular weight is 344 g/mol. The summed E-state index contributed by atoms with van der Waals surface area (Å²) >= 11 is 12.1. The second kappa shape index (κ2) is 5.79. The van der Waals surface area contributed by atoms with E-state index in [1.165, 1.54) is 33.3 Å². The molecule has 1 aromatic rings. The lowest BCUT2D eigenvalue weighted by atomic mass is 10.1. The third-order valence-corrected chi connectivity index (χ3v) is 4.27. The van der Waals surface area contributed by atoms with E-state index in [1.54, 1.807) is 18.2 Å². The van der Waals surface area contributed by atoms with Crippen molar-refractivity contribution in [1.29, 1.82) is 0 Å². The predicted octanol–water partition coefficient (Wildman–Crippen LogP) is 2.70. The highest BCUT2D eigenvalue weighted by Gasteiger charge is 2.48. The molecule has 0 bridgehead atoms. The van der Waals surface area contributed by atoms with Crippen LogP contribution in [0.15, 0.2) is 24.3 Å². The fourth-order valence-electron chi connectivity index (χ4n) is 2.13. The van der Waals surface area contributed by atoms with E-state index in [0.717, 1.165) is 14.7 Å². The van der Waals surface area contributed by atoms with E-state index in [4.69, 9.17) is 23.2 Å². The molecule has 0 radical (unpaired) electrons. The van der Waals surface area contributed by atoms with Gasteiger partial charge in [-0.1, -0.05) is 29.3 Å². The first-order valence-electron chi connectivity index (χ1n) is 6.35. The summed E-state index contributed by atoms with van der Waals surface area (Å²) in [6.45, 7) is 0. The van der Waals surface area contributed by atoms with Gasteiger partial charge in [0.15, 0.2) is 0 Å². The monoisotopic (exact) mass is 343 g/mol. The summed E-state index contributed by atoms with van der Waals surface area (Å²) in [4.78, 5) is 27.0. The Balaban J connectivity index is 2.43. The van der Waals surface area contributed by atoms with Gasteiger partial charge in [0.1, 0.15) is 0 Å². The lowest BCUT2D eigenvalue weighted by Crippen LogP contribution is -2.70. The molecule has 0 spiro atoms. The zero-order valence-electron chi connectivity index (χ0n) is 12.2. The molecule has 1 N–H and O–H groups in total. The van der Waals surface area contributed by atoms with Crippen molar-refractivity contribution in [3.8, 4) is 0 Å². The van der Waals surface area contributed by atoms with Crippen LogP contribution in [0, 0.1) is 0 Å². The molecule has 1 aromatic carbocycles. The van der Waals surface area contributed by atoms with Gasteiger partial charge in [-0.3, -0.25) is 9.80 Å². The third-order valence-electron chi connectivity index (χ3n) is 3.61. The molecule has 0 unspecified atom stereocenters. The summed E-state index contributed by atoms with van der Waals surface area (Å²) in [6, 6.07) is 3.74. The van der Waals surface area contributed by atoms with Gasteiger partial charge < -0.3 is 5.11 Å². The minimum absolute atomic E-state index is 0.392. The van der Waals surface area contributed by atoms with Crippen molar-refractivity contribution in [3.05, 3.63) is 39.9 Å². The molecule has 1 heterocycles. The molecule has 0 atom stereocenters.